The van der Waals surface area contributed by atoms with Crippen molar-refractivity contribution >= 4 is 23.2 Å². The first-order valence-corrected chi connectivity index (χ1v) is 10.1. The number of likely N-dealkylation sites (tertiary alicyclic amines) is 1. The van der Waals surface area contributed by atoms with Crippen molar-refractivity contribution in [2.75, 3.05) is 29.5 Å². The average Bonchev–Trinajstić information content (AvgIpc) is 2.71. The third-order valence-corrected chi connectivity index (χ3v) is 4.93. The van der Waals surface area contributed by atoms with E-state index in [4.69, 9.17) is 10.5 Å². The third-order valence-electron chi connectivity index (χ3n) is 4.93. The standard InChI is InChI=1S/C22H21F3N6O2/c23-22(24,25)15-8-14(12-31-6-1-7-31)9-17(10-15)30-21(32)29-16-2-4-18(5-3-16)33-20-11-19(26)27-13-28-20/h2-5,8-11,13H,1,6-7,12H2,(H2,26,27,28)(H2,29,30,32). The molecule has 1 aromatic heterocycles. The number of anilines is 3. The number of urea groups is 1. The summed E-state index contributed by atoms with van der Waals surface area (Å²) in [6.45, 7) is 2.10. The van der Waals surface area contributed by atoms with E-state index in [1.54, 1.807) is 30.3 Å². The molecule has 3 aromatic rings. The highest BCUT2D eigenvalue weighted by atomic mass is 19.4. The van der Waals surface area contributed by atoms with Crippen LogP contribution in [0.5, 0.6) is 11.6 Å². The highest BCUT2D eigenvalue weighted by molar-refractivity contribution is 5.99. The van der Waals surface area contributed by atoms with Crippen molar-refractivity contribution in [3.63, 3.8) is 0 Å². The maximum Gasteiger partial charge on any atom is 0.416 e. The Balaban J connectivity index is 1.41. The van der Waals surface area contributed by atoms with Gasteiger partial charge in [0.05, 0.1) is 5.56 Å². The number of hydrogen-bond acceptors (Lipinski definition) is 6. The van der Waals surface area contributed by atoms with E-state index in [-0.39, 0.29) is 17.4 Å². The molecule has 1 fully saturated rings. The molecular weight excluding hydrogens is 437 g/mol. The van der Waals surface area contributed by atoms with Crippen molar-refractivity contribution in [1.29, 1.82) is 0 Å². The van der Waals surface area contributed by atoms with Gasteiger partial charge in [-0.3, -0.25) is 4.90 Å². The summed E-state index contributed by atoms with van der Waals surface area (Å²) >= 11 is 0. The predicted molar refractivity (Wildman–Crippen MR) is 117 cm³/mol. The maximum atomic E-state index is 13.3. The number of amides is 2. The van der Waals surface area contributed by atoms with Crippen LogP contribution in [-0.2, 0) is 12.7 Å². The van der Waals surface area contributed by atoms with Crippen LogP contribution in [0.1, 0.15) is 17.5 Å². The summed E-state index contributed by atoms with van der Waals surface area (Å²) in [6.07, 6.45) is -2.21. The van der Waals surface area contributed by atoms with Crippen LogP contribution < -0.4 is 21.1 Å². The minimum atomic E-state index is -4.51. The lowest BCUT2D eigenvalue weighted by Crippen LogP contribution is -2.36. The average molecular weight is 458 g/mol. The molecule has 11 heteroatoms. The molecule has 1 saturated heterocycles. The lowest BCUT2D eigenvalue weighted by atomic mass is 10.1. The molecule has 0 aliphatic carbocycles. The van der Waals surface area contributed by atoms with Crippen molar-refractivity contribution < 1.29 is 22.7 Å². The fraction of sp³-hybridized carbons (Fsp3) is 0.227. The van der Waals surface area contributed by atoms with E-state index in [0.29, 0.717) is 23.5 Å². The molecule has 0 saturated carbocycles. The van der Waals surface area contributed by atoms with Gasteiger partial charge >= 0.3 is 12.2 Å². The van der Waals surface area contributed by atoms with Gasteiger partial charge in [-0.05, 0) is 67.5 Å². The smallest absolute Gasteiger partial charge is 0.416 e. The number of hydrogen-bond donors (Lipinski definition) is 3. The van der Waals surface area contributed by atoms with Crippen LogP contribution in [0, 0.1) is 0 Å². The molecule has 8 nitrogen and oxygen atoms in total. The van der Waals surface area contributed by atoms with Crippen molar-refractivity contribution in [3.05, 3.63) is 66.0 Å². The molecule has 33 heavy (non-hydrogen) atoms. The van der Waals surface area contributed by atoms with Crippen LogP contribution >= 0.6 is 0 Å². The van der Waals surface area contributed by atoms with Gasteiger partial charge in [-0.2, -0.15) is 13.2 Å². The summed E-state index contributed by atoms with van der Waals surface area (Å²) in [5, 5.41) is 5.07. The molecule has 2 amide bonds. The maximum absolute atomic E-state index is 13.3. The largest absolute Gasteiger partial charge is 0.439 e. The summed E-state index contributed by atoms with van der Waals surface area (Å²) in [4.78, 5) is 22.1. The monoisotopic (exact) mass is 458 g/mol. The molecule has 0 unspecified atom stereocenters. The Morgan fingerprint density at radius 1 is 1.03 bits per heavy atom. The van der Waals surface area contributed by atoms with Gasteiger partial charge in [0.1, 0.15) is 17.9 Å². The Morgan fingerprint density at radius 3 is 2.39 bits per heavy atom. The van der Waals surface area contributed by atoms with Gasteiger partial charge < -0.3 is 21.1 Å². The minimum absolute atomic E-state index is 0.0687. The second-order valence-electron chi connectivity index (χ2n) is 7.53. The van der Waals surface area contributed by atoms with Crippen molar-refractivity contribution in [2.24, 2.45) is 0 Å². The fourth-order valence-electron chi connectivity index (χ4n) is 3.25. The number of nitrogen functional groups attached to an aromatic ring is 1. The molecule has 2 heterocycles. The summed E-state index contributed by atoms with van der Waals surface area (Å²) in [7, 11) is 0. The van der Waals surface area contributed by atoms with Crippen molar-refractivity contribution in [3.8, 4) is 11.6 Å². The van der Waals surface area contributed by atoms with Crippen molar-refractivity contribution in [1.82, 2.24) is 14.9 Å². The number of aromatic nitrogens is 2. The third kappa shape index (κ3) is 6.10. The number of nitrogens with two attached hydrogens (primary N) is 1. The Bertz CT molecular complexity index is 1130. The molecular formula is C22H21F3N6O2. The lowest BCUT2D eigenvalue weighted by molar-refractivity contribution is -0.137. The Kier molecular flexibility index (Phi) is 6.31. The minimum Gasteiger partial charge on any atom is -0.439 e. The first kappa shape index (κ1) is 22.3. The van der Waals surface area contributed by atoms with Gasteiger partial charge in [-0.15, -0.1) is 0 Å². The molecule has 0 spiro atoms. The quantitative estimate of drug-likeness (QED) is 0.494. The molecule has 1 aliphatic heterocycles. The zero-order chi connectivity index (χ0) is 23.4. The molecule has 2 aromatic carbocycles. The first-order valence-electron chi connectivity index (χ1n) is 10.1. The van der Waals surface area contributed by atoms with E-state index in [0.717, 1.165) is 31.6 Å². The van der Waals surface area contributed by atoms with Crippen LogP contribution in [0.2, 0.25) is 0 Å². The van der Waals surface area contributed by atoms with E-state index in [1.807, 2.05) is 4.90 Å². The number of alkyl halides is 3. The lowest BCUT2D eigenvalue weighted by Gasteiger charge is -2.31. The van der Waals surface area contributed by atoms with E-state index in [9.17, 15) is 18.0 Å². The van der Waals surface area contributed by atoms with Gasteiger partial charge in [-0.1, -0.05) is 0 Å². The topological polar surface area (TPSA) is 105 Å². The first-order chi connectivity index (χ1) is 15.7. The number of benzene rings is 2. The molecule has 4 N–H and O–H groups in total. The molecule has 4 rings (SSSR count). The van der Waals surface area contributed by atoms with Crippen LogP contribution in [-0.4, -0.2) is 34.0 Å². The van der Waals surface area contributed by atoms with E-state index in [1.165, 1.54) is 12.4 Å². The summed E-state index contributed by atoms with van der Waals surface area (Å²) in [6, 6.07) is 10.8. The number of nitrogens with one attached hydrogen (secondary N) is 2. The predicted octanol–water partition coefficient (Wildman–Crippen LogP) is 4.72. The fourth-order valence-corrected chi connectivity index (χ4v) is 3.25. The van der Waals surface area contributed by atoms with Crippen LogP contribution in [0.3, 0.4) is 0 Å². The molecule has 1 aliphatic rings. The van der Waals surface area contributed by atoms with E-state index < -0.39 is 17.8 Å². The summed E-state index contributed by atoms with van der Waals surface area (Å²) in [5.41, 5.74) is 5.76. The van der Waals surface area contributed by atoms with Crippen LogP contribution in [0.15, 0.2) is 54.9 Å². The van der Waals surface area contributed by atoms with E-state index in [2.05, 4.69) is 20.6 Å². The number of nitrogens with zero attached hydrogens (tertiary/aromatic N) is 3. The van der Waals surface area contributed by atoms with Gasteiger partial charge in [0, 0.05) is 24.0 Å². The molecule has 0 radical (unpaired) electrons. The van der Waals surface area contributed by atoms with Gasteiger partial charge in [-0.25, -0.2) is 14.8 Å². The van der Waals surface area contributed by atoms with Crippen LogP contribution in [0.25, 0.3) is 0 Å². The number of ether oxygens (including phenoxy) is 1. The number of halogens is 3. The Hall–Kier alpha value is -3.86. The highest BCUT2D eigenvalue weighted by Gasteiger charge is 2.31. The Morgan fingerprint density at radius 2 is 1.76 bits per heavy atom. The number of carbonyl (C=O) groups excluding carboxylic acids is 1. The van der Waals surface area contributed by atoms with E-state index >= 15 is 0 Å². The zero-order valence-electron chi connectivity index (χ0n) is 17.4. The summed E-state index contributed by atoms with van der Waals surface area (Å²) < 4.78 is 45.5. The van der Waals surface area contributed by atoms with Crippen LogP contribution in [0.4, 0.5) is 35.2 Å². The number of rotatable bonds is 6. The summed E-state index contributed by atoms with van der Waals surface area (Å²) in [5.74, 6) is 0.977. The zero-order valence-corrected chi connectivity index (χ0v) is 17.4. The normalized spacial score (nSPS) is 13.8. The second-order valence-corrected chi connectivity index (χ2v) is 7.53. The Labute approximate surface area is 187 Å². The molecule has 0 bridgehead atoms. The second kappa shape index (κ2) is 9.33. The highest BCUT2D eigenvalue weighted by Crippen LogP contribution is 2.33. The van der Waals surface area contributed by atoms with Gasteiger partial charge in [0.25, 0.3) is 0 Å². The van der Waals surface area contributed by atoms with Crippen molar-refractivity contribution in [2.45, 2.75) is 19.1 Å². The number of carbonyl (C=O) groups is 1. The molecule has 172 valence electrons. The SMILES string of the molecule is Nc1cc(Oc2ccc(NC(=O)Nc3cc(CN4CCC4)cc(C(F)(F)F)c3)cc2)ncn1. The van der Waals surface area contributed by atoms with Gasteiger partial charge in [0.2, 0.25) is 5.88 Å². The van der Waals surface area contributed by atoms with Gasteiger partial charge in [0.15, 0.2) is 0 Å². The molecule has 0 atom stereocenters.